The molecule has 0 radical (unpaired) electrons. The number of hydrogen-bond donors (Lipinski definition) is 2. The van der Waals surface area contributed by atoms with Crippen LogP contribution >= 0.6 is 0 Å². The predicted molar refractivity (Wildman–Crippen MR) is 108 cm³/mol. The van der Waals surface area contributed by atoms with Crippen molar-refractivity contribution in [2.24, 2.45) is 17.8 Å². The molecular formula is C22H30N4O2. The number of likely N-dealkylation sites (tertiary alicyclic amines) is 1. The summed E-state index contributed by atoms with van der Waals surface area (Å²) in [6, 6.07) is 7.82. The first-order chi connectivity index (χ1) is 13.5. The predicted octanol–water partition coefficient (Wildman–Crippen LogP) is 3.41. The van der Waals surface area contributed by atoms with E-state index in [1.165, 1.54) is 0 Å². The van der Waals surface area contributed by atoms with E-state index in [0.717, 1.165) is 49.0 Å². The molecule has 0 spiro atoms. The molecule has 1 aromatic heterocycles. The fourth-order valence-corrected chi connectivity index (χ4v) is 4.09. The van der Waals surface area contributed by atoms with Gasteiger partial charge in [0, 0.05) is 24.9 Å². The van der Waals surface area contributed by atoms with Gasteiger partial charge in [0.05, 0.1) is 17.1 Å². The van der Waals surface area contributed by atoms with Gasteiger partial charge in [0.15, 0.2) is 0 Å². The van der Waals surface area contributed by atoms with E-state index in [0.29, 0.717) is 24.9 Å². The van der Waals surface area contributed by atoms with Crippen molar-refractivity contribution in [3.63, 3.8) is 0 Å². The molecule has 2 amide bonds. The topological polar surface area (TPSA) is 78.1 Å². The van der Waals surface area contributed by atoms with Crippen molar-refractivity contribution in [1.82, 2.24) is 20.2 Å². The Hall–Kier alpha value is -2.37. The van der Waals surface area contributed by atoms with Crippen LogP contribution in [0.25, 0.3) is 11.0 Å². The van der Waals surface area contributed by atoms with Crippen LogP contribution in [0.3, 0.4) is 0 Å². The fraction of sp³-hybridized carbons (Fsp3) is 0.591. The number of carbonyl (C=O) groups is 2. The van der Waals surface area contributed by atoms with E-state index in [9.17, 15) is 9.59 Å². The Bertz CT molecular complexity index is 814. The van der Waals surface area contributed by atoms with Gasteiger partial charge >= 0.3 is 0 Å². The van der Waals surface area contributed by atoms with Crippen molar-refractivity contribution in [2.75, 3.05) is 13.1 Å². The molecule has 1 aliphatic heterocycles. The van der Waals surface area contributed by atoms with E-state index in [4.69, 9.17) is 4.98 Å². The second-order valence-corrected chi connectivity index (χ2v) is 8.70. The van der Waals surface area contributed by atoms with Gasteiger partial charge in [-0.15, -0.1) is 0 Å². The molecule has 2 fully saturated rings. The third kappa shape index (κ3) is 4.21. The molecule has 2 aromatic rings. The zero-order valence-corrected chi connectivity index (χ0v) is 16.8. The molecule has 150 valence electrons. The summed E-state index contributed by atoms with van der Waals surface area (Å²) >= 11 is 0. The highest BCUT2D eigenvalue weighted by Crippen LogP contribution is 2.32. The summed E-state index contributed by atoms with van der Waals surface area (Å²) in [7, 11) is 0. The lowest BCUT2D eigenvalue weighted by Crippen LogP contribution is -2.44. The lowest BCUT2D eigenvalue weighted by Gasteiger charge is -2.32. The molecule has 6 nitrogen and oxygen atoms in total. The van der Waals surface area contributed by atoms with Crippen LogP contribution in [-0.4, -0.2) is 39.8 Å². The van der Waals surface area contributed by atoms with Gasteiger partial charge in [-0.25, -0.2) is 4.98 Å². The molecule has 1 saturated carbocycles. The first kappa shape index (κ1) is 19.0. The second kappa shape index (κ2) is 7.94. The van der Waals surface area contributed by atoms with E-state index >= 15 is 0 Å². The Morgan fingerprint density at radius 2 is 1.86 bits per heavy atom. The number of benzene rings is 1. The van der Waals surface area contributed by atoms with Crippen LogP contribution in [0.4, 0.5) is 0 Å². The normalized spacial score (nSPS) is 19.2. The summed E-state index contributed by atoms with van der Waals surface area (Å²) in [6.45, 7) is 5.72. The molecule has 1 aliphatic carbocycles. The average Bonchev–Trinajstić information content (AvgIpc) is 3.45. The van der Waals surface area contributed by atoms with Gasteiger partial charge in [-0.05, 0) is 50.2 Å². The van der Waals surface area contributed by atoms with Crippen LogP contribution in [0.2, 0.25) is 0 Å². The third-order valence-electron chi connectivity index (χ3n) is 5.87. The lowest BCUT2D eigenvalue weighted by molar-refractivity contribution is -0.136. The van der Waals surface area contributed by atoms with Crippen molar-refractivity contribution in [2.45, 2.75) is 52.0 Å². The summed E-state index contributed by atoms with van der Waals surface area (Å²) in [5, 5.41) is 3.24. The van der Waals surface area contributed by atoms with Gasteiger partial charge in [0.25, 0.3) is 0 Å². The molecule has 2 aliphatic rings. The number of rotatable bonds is 6. The van der Waals surface area contributed by atoms with Crippen LogP contribution in [0.5, 0.6) is 0 Å². The van der Waals surface area contributed by atoms with Gasteiger partial charge in [0.2, 0.25) is 11.8 Å². The minimum Gasteiger partial charge on any atom is -0.346 e. The van der Waals surface area contributed by atoms with Crippen LogP contribution in [-0.2, 0) is 9.59 Å². The number of amides is 2. The van der Waals surface area contributed by atoms with Gasteiger partial charge in [-0.3, -0.25) is 9.59 Å². The highest BCUT2D eigenvalue weighted by Gasteiger charge is 2.36. The molecule has 4 rings (SSSR count). The Balaban J connectivity index is 1.40. The van der Waals surface area contributed by atoms with E-state index in [1.807, 2.05) is 29.2 Å². The number of nitrogens with zero attached hydrogens (tertiary/aromatic N) is 2. The summed E-state index contributed by atoms with van der Waals surface area (Å²) in [5.41, 5.74) is 1.92. The number of fused-ring (bicyclic) bond motifs is 1. The number of hydrogen-bond acceptors (Lipinski definition) is 3. The number of piperidine rings is 1. The van der Waals surface area contributed by atoms with Crippen LogP contribution in [0.15, 0.2) is 24.3 Å². The molecule has 28 heavy (non-hydrogen) atoms. The van der Waals surface area contributed by atoms with Gasteiger partial charge < -0.3 is 15.2 Å². The Kier molecular flexibility index (Phi) is 5.38. The van der Waals surface area contributed by atoms with Gasteiger partial charge in [0.1, 0.15) is 5.82 Å². The highest BCUT2D eigenvalue weighted by molar-refractivity contribution is 5.82. The number of aromatic nitrogens is 2. The zero-order chi connectivity index (χ0) is 19.7. The maximum absolute atomic E-state index is 12.9. The molecule has 1 aromatic carbocycles. The number of para-hydroxylation sites is 2. The van der Waals surface area contributed by atoms with Crippen LogP contribution in [0.1, 0.15) is 57.8 Å². The molecule has 1 atom stereocenters. The zero-order valence-electron chi connectivity index (χ0n) is 16.8. The molecule has 6 heteroatoms. The van der Waals surface area contributed by atoms with E-state index in [1.54, 1.807) is 0 Å². The van der Waals surface area contributed by atoms with Crippen molar-refractivity contribution in [3.8, 4) is 0 Å². The SMILES string of the molecule is CC(C)CC(NC(=O)C1CCN(C(=O)C2CC2)CC1)c1nc2ccccc2[nH]1. The summed E-state index contributed by atoms with van der Waals surface area (Å²) in [5.74, 6) is 1.88. The molecule has 1 unspecified atom stereocenters. The fourth-order valence-electron chi connectivity index (χ4n) is 4.09. The number of carbonyl (C=O) groups excluding carboxylic acids is 2. The molecule has 2 N–H and O–H groups in total. The van der Waals surface area contributed by atoms with Crippen molar-refractivity contribution in [1.29, 1.82) is 0 Å². The van der Waals surface area contributed by atoms with E-state index in [-0.39, 0.29) is 23.8 Å². The summed E-state index contributed by atoms with van der Waals surface area (Å²) in [4.78, 5) is 35.2. The maximum atomic E-state index is 12.9. The Morgan fingerprint density at radius 1 is 1.14 bits per heavy atom. The first-order valence-electron chi connectivity index (χ1n) is 10.5. The van der Waals surface area contributed by atoms with Crippen LogP contribution < -0.4 is 5.32 Å². The number of H-pyrrole nitrogens is 1. The van der Waals surface area contributed by atoms with Crippen molar-refractivity contribution >= 4 is 22.8 Å². The molecule has 1 saturated heterocycles. The smallest absolute Gasteiger partial charge is 0.225 e. The molecular weight excluding hydrogens is 352 g/mol. The van der Waals surface area contributed by atoms with Crippen molar-refractivity contribution in [3.05, 3.63) is 30.1 Å². The quantitative estimate of drug-likeness (QED) is 0.804. The Morgan fingerprint density at radius 3 is 2.50 bits per heavy atom. The van der Waals surface area contributed by atoms with Crippen molar-refractivity contribution < 1.29 is 9.59 Å². The highest BCUT2D eigenvalue weighted by atomic mass is 16.2. The molecule has 2 heterocycles. The standard InChI is InChI=1S/C22H30N4O2/c1-14(2)13-19(20-23-17-5-3-4-6-18(17)24-20)25-21(27)15-9-11-26(12-10-15)22(28)16-7-8-16/h3-6,14-16,19H,7-13H2,1-2H3,(H,23,24)(H,25,27). The minimum absolute atomic E-state index is 0.0257. The third-order valence-corrected chi connectivity index (χ3v) is 5.87. The van der Waals surface area contributed by atoms with Gasteiger partial charge in [-0.2, -0.15) is 0 Å². The Labute approximate surface area is 166 Å². The largest absolute Gasteiger partial charge is 0.346 e. The second-order valence-electron chi connectivity index (χ2n) is 8.70. The van der Waals surface area contributed by atoms with E-state index in [2.05, 4.69) is 24.1 Å². The first-order valence-corrected chi connectivity index (χ1v) is 10.5. The number of aromatic amines is 1. The maximum Gasteiger partial charge on any atom is 0.225 e. The molecule has 0 bridgehead atoms. The van der Waals surface area contributed by atoms with E-state index < -0.39 is 0 Å². The lowest BCUT2D eigenvalue weighted by atomic mass is 9.94. The van der Waals surface area contributed by atoms with Crippen LogP contribution in [0, 0.1) is 17.8 Å². The number of nitrogens with one attached hydrogen (secondary N) is 2. The monoisotopic (exact) mass is 382 g/mol. The average molecular weight is 383 g/mol. The van der Waals surface area contributed by atoms with Gasteiger partial charge in [-0.1, -0.05) is 26.0 Å². The minimum atomic E-state index is -0.119. The summed E-state index contributed by atoms with van der Waals surface area (Å²) < 4.78 is 0. The summed E-state index contributed by atoms with van der Waals surface area (Å²) in [6.07, 6.45) is 4.41. The number of imidazole rings is 1.